The number of aliphatic imine (C=N–C) groups is 1. The minimum Gasteiger partial charge on any atom is -0.258 e. The lowest BCUT2D eigenvalue weighted by Crippen LogP contribution is -1.93. The largest absolute Gasteiger partial charge is 0.258 e. The molecule has 1 aliphatic rings. The van der Waals surface area contributed by atoms with Crippen LogP contribution in [0, 0.1) is 0 Å². The Hall–Kier alpha value is -1.11. The van der Waals surface area contributed by atoms with Crippen LogP contribution in [0.5, 0.6) is 0 Å². The van der Waals surface area contributed by atoms with Crippen molar-refractivity contribution in [1.29, 1.82) is 0 Å². The van der Waals surface area contributed by atoms with Gasteiger partial charge in [0, 0.05) is 5.71 Å². The smallest absolute Gasteiger partial charge is 0.0663 e. The van der Waals surface area contributed by atoms with Gasteiger partial charge in [0.2, 0.25) is 0 Å². The number of rotatable bonds is 0. The van der Waals surface area contributed by atoms with Crippen molar-refractivity contribution >= 4 is 11.4 Å². The van der Waals surface area contributed by atoms with Gasteiger partial charge in [-0.1, -0.05) is 25.1 Å². The van der Waals surface area contributed by atoms with E-state index in [0.717, 1.165) is 6.42 Å². The van der Waals surface area contributed by atoms with Crippen LogP contribution < -0.4 is 0 Å². The second kappa shape index (κ2) is 3.33. The van der Waals surface area contributed by atoms with Crippen LogP contribution in [0.4, 0.5) is 5.69 Å². The Labute approximate surface area is 79.5 Å². The number of para-hydroxylation sites is 1. The Morgan fingerprint density at radius 3 is 2.92 bits per heavy atom. The van der Waals surface area contributed by atoms with Gasteiger partial charge in [-0.15, -0.1) is 0 Å². The third kappa shape index (κ3) is 1.64. The molecule has 1 heteroatoms. The van der Waals surface area contributed by atoms with E-state index in [-0.39, 0.29) is 0 Å². The van der Waals surface area contributed by atoms with E-state index >= 15 is 0 Å². The number of hydrogen-bond acceptors (Lipinski definition) is 1. The van der Waals surface area contributed by atoms with Gasteiger partial charge in [0.05, 0.1) is 5.69 Å². The van der Waals surface area contributed by atoms with Crippen LogP contribution in [0.25, 0.3) is 0 Å². The van der Waals surface area contributed by atoms with E-state index in [0.29, 0.717) is 5.92 Å². The Bertz CT molecular complexity index is 339. The second-order valence-corrected chi connectivity index (χ2v) is 3.85. The van der Waals surface area contributed by atoms with Crippen molar-refractivity contribution in [1.82, 2.24) is 0 Å². The van der Waals surface area contributed by atoms with Crippen LogP contribution in [-0.2, 0) is 0 Å². The summed E-state index contributed by atoms with van der Waals surface area (Å²) < 4.78 is 0. The molecule has 68 valence electrons. The highest BCUT2D eigenvalue weighted by molar-refractivity contribution is 5.85. The van der Waals surface area contributed by atoms with E-state index in [4.69, 9.17) is 0 Å². The minimum absolute atomic E-state index is 0.650. The molecule has 13 heavy (non-hydrogen) atoms. The Balaban J connectivity index is 2.50. The minimum atomic E-state index is 0.650. The van der Waals surface area contributed by atoms with Crippen molar-refractivity contribution in [2.75, 3.05) is 0 Å². The molecule has 0 saturated heterocycles. The highest BCUT2D eigenvalue weighted by atomic mass is 14.8. The summed E-state index contributed by atoms with van der Waals surface area (Å²) in [5.41, 5.74) is 3.83. The fourth-order valence-corrected chi connectivity index (χ4v) is 1.85. The Kier molecular flexibility index (Phi) is 2.17. The Morgan fingerprint density at radius 1 is 1.31 bits per heavy atom. The lowest BCUT2D eigenvalue weighted by molar-refractivity contribution is 0.711. The third-order valence-corrected chi connectivity index (χ3v) is 2.72. The monoisotopic (exact) mass is 173 g/mol. The summed E-state index contributed by atoms with van der Waals surface area (Å²) in [5, 5.41) is 0. The van der Waals surface area contributed by atoms with Crippen LogP contribution in [0.1, 0.15) is 38.2 Å². The summed E-state index contributed by atoms with van der Waals surface area (Å²) in [4.78, 5) is 4.61. The van der Waals surface area contributed by atoms with Gasteiger partial charge in [0.1, 0.15) is 0 Å². The van der Waals surface area contributed by atoms with Crippen LogP contribution in [0.3, 0.4) is 0 Å². The molecular weight excluding hydrogens is 158 g/mol. The maximum atomic E-state index is 4.61. The van der Waals surface area contributed by atoms with Crippen LogP contribution in [0.15, 0.2) is 29.3 Å². The highest BCUT2D eigenvalue weighted by Gasteiger charge is 2.13. The van der Waals surface area contributed by atoms with E-state index in [1.807, 2.05) is 0 Å². The molecule has 1 aliphatic heterocycles. The van der Waals surface area contributed by atoms with E-state index < -0.39 is 0 Å². The van der Waals surface area contributed by atoms with E-state index in [1.165, 1.54) is 23.4 Å². The lowest BCUT2D eigenvalue weighted by Gasteiger charge is -2.09. The molecule has 0 spiro atoms. The predicted octanol–water partition coefficient (Wildman–Crippen LogP) is 3.68. The molecule has 1 heterocycles. The molecule has 1 aromatic carbocycles. The molecule has 0 fully saturated rings. The zero-order valence-corrected chi connectivity index (χ0v) is 8.25. The van der Waals surface area contributed by atoms with E-state index in [9.17, 15) is 0 Å². The number of fused-ring (bicyclic) bond motifs is 1. The highest BCUT2D eigenvalue weighted by Crippen LogP contribution is 2.32. The van der Waals surface area contributed by atoms with Gasteiger partial charge in [0.25, 0.3) is 0 Å². The summed E-state index contributed by atoms with van der Waals surface area (Å²) >= 11 is 0. The molecule has 1 atom stereocenters. The summed E-state index contributed by atoms with van der Waals surface area (Å²) in [6.45, 7) is 4.40. The maximum Gasteiger partial charge on any atom is 0.0663 e. The lowest BCUT2D eigenvalue weighted by atomic mass is 9.95. The van der Waals surface area contributed by atoms with Crippen molar-refractivity contribution in [2.45, 2.75) is 32.6 Å². The first kappa shape index (κ1) is 8.49. The van der Waals surface area contributed by atoms with Gasteiger partial charge >= 0.3 is 0 Å². The van der Waals surface area contributed by atoms with Crippen LogP contribution >= 0.6 is 0 Å². The van der Waals surface area contributed by atoms with E-state index in [2.05, 4.69) is 43.1 Å². The first-order chi connectivity index (χ1) is 6.27. The fraction of sp³-hybridized carbons (Fsp3) is 0.417. The summed E-state index contributed by atoms with van der Waals surface area (Å²) in [5.74, 6) is 0.650. The fourth-order valence-electron chi connectivity index (χ4n) is 1.85. The second-order valence-electron chi connectivity index (χ2n) is 3.85. The first-order valence-electron chi connectivity index (χ1n) is 4.90. The van der Waals surface area contributed by atoms with Gasteiger partial charge < -0.3 is 0 Å². The zero-order valence-electron chi connectivity index (χ0n) is 8.25. The van der Waals surface area contributed by atoms with Crippen molar-refractivity contribution in [3.05, 3.63) is 29.8 Å². The third-order valence-electron chi connectivity index (χ3n) is 2.72. The van der Waals surface area contributed by atoms with Crippen molar-refractivity contribution in [3.63, 3.8) is 0 Å². The standard InChI is InChI=1S/C12H15N/c1-9-7-8-10(2)13-12-6-4-3-5-11(9)12/h3-6,9H,7-8H2,1-2H3. The molecular formula is C12H15N. The van der Waals surface area contributed by atoms with Gasteiger partial charge in [-0.2, -0.15) is 0 Å². The molecule has 0 amide bonds. The average molecular weight is 173 g/mol. The quantitative estimate of drug-likeness (QED) is 0.567. The summed E-state index contributed by atoms with van der Waals surface area (Å²) in [6, 6.07) is 8.47. The molecule has 0 radical (unpaired) electrons. The van der Waals surface area contributed by atoms with Crippen LogP contribution in [-0.4, -0.2) is 5.71 Å². The van der Waals surface area contributed by atoms with Crippen molar-refractivity contribution < 1.29 is 0 Å². The molecule has 0 bridgehead atoms. The number of benzene rings is 1. The molecule has 0 aromatic heterocycles. The van der Waals surface area contributed by atoms with Crippen molar-refractivity contribution in [3.8, 4) is 0 Å². The molecule has 0 aliphatic carbocycles. The molecule has 1 unspecified atom stereocenters. The van der Waals surface area contributed by atoms with Gasteiger partial charge in [-0.25, -0.2) is 0 Å². The topological polar surface area (TPSA) is 12.4 Å². The normalized spacial score (nSPS) is 21.7. The van der Waals surface area contributed by atoms with Gasteiger partial charge in [0.15, 0.2) is 0 Å². The Morgan fingerprint density at radius 2 is 2.08 bits per heavy atom. The average Bonchev–Trinajstić information content (AvgIpc) is 2.27. The summed E-state index contributed by atoms with van der Waals surface area (Å²) in [6.07, 6.45) is 2.36. The molecule has 1 nitrogen and oxygen atoms in total. The van der Waals surface area contributed by atoms with Gasteiger partial charge in [-0.3, -0.25) is 4.99 Å². The van der Waals surface area contributed by atoms with Crippen molar-refractivity contribution in [2.24, 2.45) is 4.99 Å². The predicted molar refractivity (Wildman–Crippen MR) is 56.9 cm³/mol. The number of nitrogens with zero attached hydrogens (tertiary/aromatic N) is 1. The molecule has 0 N–H and O–H groups in total. The number of hydrogen-bond donors (Lipinski definition) is 0. The first-order valence-corrected chi connectivity index (χ1v) is 4.90. The molecule has 2 rings (SSSR count). The summed E-state index contributed by atoms with van der Waals surface area (Å²) in [7, 11) is 0. The zero-order chi connectivity index (χ0) is 9.26. The van der Waals surface area contributed by atoms with Crippen LogP contribution in [0.2, 0.25) is 0 Å². The SMILES string of the molecule is CC1=Nc2ccccc2C(C)CC1. The van der Waals surface area contributed by atoms with Gasteiger partial charge in [-0.05, 0) is 37.3 Å². The molecule has 1 aromatic rings. The maximum absolute atomic E-state index is 4.61. The molecule has 0 saturated carbocycles. The van der Waals surface area contributed by atoms with E-state index in [1.54, 1.807) is 0 Å².